The summed E-state index contributed by atoms with van der Waals surface area (Å²) >= 11 is 11.9. The molecule has 0 aromatic heterocycles. The van der Waals surface area contributed by atoms with E-state index in [1.54, 1.807) is 30.3 Å². The Labute approximate surface area is 188 Å². The van der Waals surface area contributed by atoms with Crippen molar-refractivity contribution in [1.82, 2.24) is 4.72 Å². The minimum Gasteiger partial charge on any atom is -0.320 e. The fraction of sp³-hybridized carbons (Fsp3) is 0.0952. The molecule has 5 nitrogen and oxygen atoms in total. The molecule has 162 valence electrons. The van der Waals surface area contributed by atoms with Crippen molar-refractivity contribution in [1.29, 1.82) is 0 Å². The molecule has 0 aliphatic heterocycles. The predicted octanol–water partition coefficient (Wildman–Crippen LogP) is 4.80. The van der Waals surface area contributed by atoms with Gasteiger partial charge in [0.05, 0.1) is 5.02 Å². The van der Waals surface area contributed by atoms with Crippen molar-refractivity contribution in [2.75, 3.05) is 5.32 Å². The SMILES string of the molecule is O=C(Nc1c(F)cccc1F)[C@@H](Cc1ccccc1)NS(=O)(=O)c1cc(Cl)ccc1Cl. The summed E-state index contributed by atoms with van der Waals surface area (Å²) in [7, 11) is -4.31. The maximum absolute atomic E-state index is 14.0. The van der Waals surface area contributed by atoms with Crippen molar-refractivity contribution < 1.29 is 22.0 Å². The van der Waals surface area contributed by atoms with Crippen LogP contribution in [0, 0.1) is 11.6 Å². The number of amides is 1. The van der Waals surface area contributed by atoms with E-state index in [0.29, 0.717) is 5.56 Å². The molecule has 0 radical (unpaired) electrons. The summed E-state index contributed by atoms with van der Waals surface area (Å²) in [6, 6.07) is 14.1. The van der Waals surface area contributed by atoms with Crippen LogP contribution in [-0.2, 0) is 21.2 Å². The molecule has 0 saturated carbocycles. The molecule has 2 N–H and O–H groups in total. The van der Waals surface area contributed by atoms with E-state index in [2.05, 4.69) is 10.0 Å². The first-order valence-corrected chi connectivity index (χ1v) is 11.2. The molecule has 1 atom stereocenters. The largest absolute Gasteiger partial charge is 0.320 e. The minimum atomic E-state index is -4.31. The van der Waals surface area contributed by atoms with E-state index in [0.717, 1.165) is 24.3 Å². The molecule has 0 spiro atoms. The molecule has 0 fully saturated rings. The van der Waals surface area contributed by atoms with E-state index >= 15 is 0 Å². The van der Waals surface area contributed by atoms with Gasteiger partial charge in [0, 0.05) is 5.02 Å². The van der Waals surface area contributed by atoms with E-state index in [9.17, 15) is 22.0 Å². The monoisotopic (exact) mass is 484 g/mol. The van der Waals surface area contributed by atoms with E-state index in [-0.39, 0.29) is 21.4 Å². The van der Waals surface area contributed by atoms with Gasteiger partial charge < -0.3 is 5.32 Å². The number of rotatable bonds is 7. The lowest BCUT2D eigenvalue weighted by atomic mass is 10.1. The molecule has 0 aliphatic rings. The zero-order chi connectivity index (χ0) is 22.6. The quantitative estimate of drug-likeness (QED) is 0.505. The van der Waals surface area contributed by atoms with Crippen LogP contribution in [0.4, 0.5) is 14.5 Å². The van der Waals surface area contributed by atoms with Gasteiger partial charge in [-0.05, 0) is 42.3 Å². The number of para-hydroxylation sites is 1. The van der Waals surface area contributed by atoms with Gasteiger partial charge in [-0.1, -0.05) is 59.6 Å². The van der Waals surface area contributed by atoms with Gasteiger partial charge >= 0.3 is 0 Å². The highest BCUT2D eigenvalue weighted by atomic mass is 35.5. The molecular formula is C21H16Cl2F2N2O3S. The topological polar surface area (TPSA) is 75.3 Å². The zero-order valence-corrected chi connectivity index (χ0v) is 18.1. The highest BCUT2D eigenvalue weighted by Gasteiger charge is 2.29. The first-order chi connectivity index (χ1) is 14.7. The second-order valence-corrected chi connectivity index (χ2v) is 9.05. The van der Waals surface area contributed by atoms with Crippen LogP contribution in [0.15, 0.2) is 71.6 Å². The molecule has 0 heterocycles. The zero-order valence-electron chi connectivity index (χ0n) is 15.8. The molecule has 3 aromatic rings. The third-order valence-corrected chi connectivity index (χ3v) is 6.48. The molecule has 0 bridgehead atoms. The summed E-state index contributed by atoms with van der Waals surface area (Å²) in [6.07, 6.45) is -0.0832. The van der Waals surface area contributed by atoms with Crippen molar-refractivity contribution in [2.45, 2.75) is 17.4 Å². The number of carbonyl (C=O) groups is 1. The van der Waals surface area contributed by atoms with Gasteiger partial charge in [-0.3, -0.25) is 4.79 Å². The van der Waals surface area contributed by atoms with E-state index in [1.165, 1.54) is 12.1 Å². The number of sulfonamides is 1. The van der Waals surface area contributed by atoms with Crippen molar-refractivity contribution in [3.8, 4) is 0 Å². The smallest absolute Gasteiger partial charge is 0.243 e. The lowest BCUT2D eigenvalue weighted by Crippen LogP contribution is -2.45. The molecule has 0 aliphatic carbocycles. The summed E-state index contributed by atoms with van der Waals surface area (Å²) in [5.41, 5.74) is -0.0536. The Bertz CT molecular complexity index is 1190. The van der Waals surface area contributed by atoms with Gasteiger partial charge in [-0.25, -0.2) is 17.2 Å². The standard InChI is InChI=1S/C21H16Cl2F2N2O3S/c22-14-9-10-15(23)19(12-14)31(29,30)27-18(11-13-5-2-1-3-6-13)21(28)26-20-16(24)7-4-8-17(20)25/h1-10,12,18,27H,11H2,(H,26,28)/t18-/m1/s1. The van der Waals surface area contributed by atoms with E-state index in [1.807, 2.05) is 0 Å². The fourth-order valence-electron chi connectivity index (χ4n) is 2.80. The predicted molar refractivity (Wildman–Crippen MR) is 116 cm³/mol. The van der Waals surface area contributed by atoms with Crippen LogP contribution in [0.5, 0.6) is 0 Å². The van der Waals surface area contributed by atoms with Gasteiger partial charge in [0.15, 0.2) is 0 Å². The van der Waals surface area contributed by atoms with Gasteiger partial charge in [-0.2, -0.15) is 4.72 Å². The van der Waals surface area contributed by atoms with E-state index < -0.39 is 39.3 Å². The number of anilines is 1. The average molecular weight is 485 g/mol. The van der Waals surface area contributed by atoms with E-state index in [4.69, 9.17) is 23.2 Å². The first kappa shape index (κ1) is 23.1. The van der Waals surface area contributed by atoms with Crippen LogP contribution < -0.4 is 10.0 Å². The second kappa shape index (κ2) is 9.74. The molecule has 3 aromatic carbocycles. The first-order valence-electron chi connectivity index (χ1n) is 8.93. The van der Waals surface area contributed by atoms with Crippen LogP contribution in [0.1, 0.15) is 5.56 Å². The maximum atomic E-state index is 14.0. The molecule has 31 heavy (non-hydrogen) atoms. The van der Waals surface area contributed by atoms with Crippen molar-refractivity contribution >= 4 is 44.8 Å². The second-order valence-electron chi connectivity index (χ2n) is 6.52. The molecule has 0 saturated heterocycles. The van der Waals surface area contributed by atoms with Crippen molar-refractivity contribution in [2.24, 2.45) is 0 Å². The van der Waals surface area contributed by atoms with Crippen molar-refractivity contribution in [3.63, 3.8) is 0 Å². The Balaban J connectivity index is 1.94. The molecule has 3 rings (SSSR count). The number of hydrogen-bond acceptors (Lipinski definition) is 3. The number of halogens is 4. The molecule has 0 unspecified atom stereocenters. The average Bonchev–Trinajstić information content (AvgIpc) is 2.72. The minimum absolute atomic E-state index is 0.0832. The Hall–Kier alpha value is -2.52. The number of benzene rings is 3. The number of carbonyl (C=O) groups excluding carboxylic acids is 1. The summed E-state index contributed by atoms with van der Waals surface area (Å²) < 4.78 is 56.0. The van der Waals surface area contributed by atoms with Crippen LogP contribution in [0.3, 0.4) is 0 Å². The highest BCUT2D eigenvalue weighted by molar-refractivity contribution is 7.89. The molecule has 10 heteroatoms. The normalized spacial score (nSPS) is 12.4. The molecule has 1 amide bonds. The Kier molecular flexibility index (Phi) is 7.27. The third-order valence-electron chi connectivity index (χ3n) is 4.29. The summed E-state index contributed by atoms with van der Waals surface area (Å²) in [5, 5.41) is 2.15. The van der Waals surface area contributed by atoms with Crippen LogP contribution in [-0.4, -0.2) is 20.4 Å². The van der Waals surface area contributed by atoms with Crippen LogP contribution >= 0.6 is 23.2 Å². The van der Waals surface area contributed by atoms with Gasteiger partial charge in [0.2, 0.25) is 15.9 Å². The maximum Gasteiger partial charge on any atom is 0.243 e. The van der Waals surface area contributed by atoms with Crippen molar-refractivity contribution in [3.05, 3.63) is 94.0 Å². The molecular weight excluding hydrogens is 469 g/mol. The lowest BCUT2D eigenvalue weighted by Gasteiger charge is -2.19. The van der Waals surface area contributed by atoms with Crippen LogP contribution in [0.2, 0.25) is 10.0 Å². The number of hydrogen-bond donors (Lipinski definition) is 2. The number of nitrogens with one attached hydrogen (secondary N) is 2. The third kappa shape index (κ3) is 5.80. The fourth-order valence-corrected chi connectivity index (χ4v) is 4.76. The Morgan fingerprint density at radius 3 is 2.23 bits per heavy atom. The van der Waals surface area contributed by atoms with Gasteiger partial charge in [0.25, 0.3) is 0 Å². The Morgan fingerprint density at radius 2 is 1.58 bits per heavy atom. The van der Waals surface area contributed by atoms with Gasteiger partial charge in [0.1, 0.15) is 28.3 Å². The summed E-state index contributed by atoms with van der Waals surface area (Å²) in [5.74, 6) is -2.94. The van der Waals surface area contributed by atoms with Crippen LogP contribution in [0.25, 0.3) is 0 Å². The Morgan fingerprint density at radius 1 is 0.935 bits per heavy atom. The summed E-state index contributed by atoms with van der Waals surface area (Å²) in [6.45, 7) is 0. The van der Waals surface area contributed by atoms with Gasteiger partial charge in [-0.15, -0.1) is 0 Å². The summed E-state index contributed by atoms with van der Waals surface area (Å²) in [4.78, 5) is 12.5. The highest BCUT2D eigenvalue weighted by Crippen LogP contribution is 2.26. The lowest BCUT2D eigenvalue weighted by molar-refractivity contribution is -0.117.